The van der Waals surface area contributed by atoms with E-state index in [1.54, 1.807) is 24.3 Å². The average Bonchev–Trinajstić information content (AvgIpc) is 3.14. The number of thiazole rings is 1. The number of fused-ring (bicyclic) bond motifs is 1. The quantitative estimate of drug-likeness (QED) is 0.817. The van der Waals surface area contributed by atoms with E-state index in [1.165, 1.54) is 16.2 Å². The first-order valence-electron chi connectivity index (χ1n) is 8.48. The smallest absolute Gasteiger partial charge is 0.261 e. The molecule has 2 heterocycles. The van der Waals surface area contributed by atoms with Crippen molar-refractivity contribution in [1.29, 1.82) is 0 Å². The van der Waals surface area contributed by atoms with E-state index in [-0.39, 0.29) is 36.1 Å². The van der Waals surface area contributed by atoms with Gasteiger partial charge >= 0.3 is 0 Å². The molecule has 7 heteroatoms. The minimum absolute atomic E-state index is 0.0645. The number of rotatable bonds is 5. The Morgan fingerprint density at radius 1 is 1.15 bits per heavy atom. The molecule has 3 amide bonds. The van der Waals surface area contributed by atoms with Crippen molar-refractivity contribution in [2.45, 2.75) is 39.0 Å². The second-order valence-corrected chi connectivity index (χ2v) is 8.11. The molecule has 136 valence electrons. The van der Waals surface area contributed by atoms with Crippen LogP contribution in [0.15, 0.2) is 29.6 Å². The van der Waals surface area contributed by atoms with Gasteiger partial charge in [0, 0.05) is 23.8 Å². The monoisotopic (exact) mass is 371 g/mol. The second-order valence-electron chi connectivity index (χ2n) is 7.25. The van der Waals surface area contributed by atoms with Gasteiger partial charge in [-0.1, -0.05) is 32.9 Å². The molecule has 0 aliphatic carbocycles. The van der Waals surface area contributed by atoms with Crippen molar-refractivity contribution in [3.63, 3.8) is 0 Å². The summed E-state index contributed by atoms with van der Waals surface area (Å²) in [6, 6.07) is 6.77. The molecule has 6 nitrogen and oxygen atoms in total. The van der Waals surface area contributed by atoms with E-state index in [2.05, 4.69) is 31.1 Å². The van der Waals surface area contributed by atoms with Crippen molar-refractivity contribution < 1.29 is 14.4 Å². The third-order valence-corrected chi connectivity index (χ3v) is 4.94. The number of carbonyl (C=O) groups excluding carboxylic acids is 3. The fraction of sp³-hybridized carbons (Fsp3) is 0.368. The molecule has 0 radical (unpaired) electrons. The van der Waals surface area contributed by atoms with Crippen LogP contribution >= 0.6 is 11.3 Å². The fourth-order valence-electron chi connectivity index (χ4n) is 2.70. The van der Waals surface area contributed by atoms with Crippen molar-refractivity contribution in [1.82, 2.24) is 9.88 Å². The lowest BCUT2D eigenvalue weighted by molar-refractivity contribution is -0.116. The van der Waals surface area contributed by atoms with Gasteiger partial charge in [-0.25, -0.2) is 4.98 Å². The van der Waals surface area contributed by atoms with Crippen LogP contribution in [-0.4, -0.2) is 34.2 Å². The largest absolute Gasteiger partial charge is 0.302 e. The zero-order valence-electron chi connectivity index (χ0n) is 15.0. The fourth-order valence-corrected chi connectivity index (χ4v) is 3.65. The van der Waals surface area contributed by atoms with E-state index >= 15 is 0 Å². The Hall–Kier alpha value is -2.54. The average molecular weight is 371 g/mol. The molecule has 1 aromatic carbocycles. The summed E-state index contributed by atoms with van der Waals surface area (Å²) in [7, 11) is 0. The van der Waals surface area contributed by atoms with Crippen LogP contribution in [0.2, 0.25) is 0 Å². The van der Waals surface area contributed by atoms with E-state index in [9.17, 15) is 14.4 Å². The van der Waals surface area contributed by atoms with Gasteiger partial charge in [0.15, 0.2) is 5.13 Å². The number of carbonyl (C=O) groups is 3. The topological polar surface area (TPSA) is 79.4 Å². The molecule has 2 aromatic rings. The molecular formula is C19H21N3O3S. The van der Waals surface area contributed by atoms with Crippen LogP contribution in [0.25, 0.3) is 0 Å². The van der Waals surface area contributed by atoms with E-state index in [0.29, 0.717) is 22.7 Å². The van der Waals surface area contributed by atoms with Crippen molar-refractivity contribution in [2.75, 3.05) is 11.9 Å². The minimum Gasteiger partial charge on any atom is -0.302 e. The highest BCUT2D eigenvalue weighted by Gasteiger charge is 2.34. The standard InChI is InChI=1S/C19H21N3O3S/c1-19(2,3)14-11-26-18(20-14)21-15(23)9-6-10-22-16(24)12-7-4-5-8-13(12)17(22)25/h4-5,7-8,11H,6,9-10H2,1-3H3,(H,20,21,23). The Labute approximate surface area is 156 Å². The maximum absolute atomic E-state index is 12.3. The van der Waals surface area contributed by atoms with Gasteiger partial charge in [0.1, 0.15) is 0 Å². The summed E-state index contributed by atoms with van der Waals surface area (Å²) in [4.78, 5) is 42.3. The third-order valence-electron chi connectivity index (χ3n) is 4.18. The predicted octanol–water partition coefficient (Wildman–Crippen LogP) is 3.46. The molecule has 0 spiro atoms. The Morgan fingerprint density at radius 3 is 2.31 bits per heavy atom. The molecule has 0 saturated heterocycles. The van der Waals surface area contributed by atoms with Crippen molar-refractivity contribution in [3.8, 4) is 0 Å². The van der Waals surface area contributed by atoms with Crippen LogP contribution in [0, 0.1) is 0 Å². The summed E-state index contributed by atoms with van der Waals surface area (Å²) in [6.07, 6.45) is 0.632. The van der Waals surface area contributed by atoms with Gasteiger partial charge in [-0.15, -0.1) is 11.3 Å². The zero-order valence-corrected chi connectivity index (χ0v) is 15.9. The van der Waals surface area contributed by atoms with Crippen LogP contribution in [-0.2, 0) is 10.2 Å². The zero-order chi connectivity index (χ0) is 18.9. The summed E-state index contributed by atoms with van der Waals surface area (Å²) in [5.74, 6) is -0.752. The molecule has 0 atom stereocenters. The minimum atomic E-state index is -0.291. The number of anilines is 1. The lowest BCUT2D eigenvalue weighted by atomic mass is 9.93. The second kappa shape index (κ2) is 6.99. The first-order valence-corrected chi connectivity index (χ1v) is 9.36. The molecule has 1 aliphatic rings. The number of nitrogens with zero attached hydrogens (tertiary/aromatic N) is 2. The van der Waals surface area contributed by atoms with E-state index in [1.807, 2.05) is 5.38 Å². The Balaban J connectivity index is 1.51. The highest BCUT2D eigenvalue weighted by Crippen LogP contribution is 2.26. The summed E-state index contributed by atoms with van der Waals surface area (Å²) in [5, 5.41) is 5.29. The highest BCUT2D eigenvalue weighted by atomic mass is 32.1. The highest BCUT2D eigenvalue weighted by molar-refractivity contribution is 7.13. The van der Waals surface area contributed by atoms with E-state index in [4.69, 9.17) is 0 Å². The van der Waals surface area contributed by atoms with Crippen LogP contribution in [0.3, 0.4) is 0 Å². The lowest BCUT2D eigenvalue weighted by Crippen LogP contribution is -2.31. The van der Waals surface area contributed by atoms with Crippen LogP contribution in [0.1, 0.15) is 60.0 Å². The first-order chi connectivity index (χ1) is 12.3. The Morgan fingerprint density at radius 2 is 1.77 bits per heavy atom. The third kappa shape index (κ3) is 3.67. The number of hydrogen-bond donors (Lipinski definition) is 1. The molecule has 0 bridgehead atoms. The summed E-state index contributed by atoms with van der Waals surface area (Å²) in [5.41, 5.74) is 1.73. The molecule has 0 saturated carbocycles. The summed E-state index contributed by atoms with van der Waals surface area (Å²) >= 11 is 1.39. The van der Waals surface area contributed by atoms with E-state index < -0.39 is 0 Å². The number of aromatic nitrogens is 1. The predicted molar refractivity (Wildman–Crippen MR) is 100 cm³/mol. The molecule has 1 N–H and O–H groups in total. The van der Waals surface area contributed by atoms with Gasteiger partial charge < -0.3 is 5.32 Å². The molecule has 0 unspecified atom stereocenters. The van der Waals surface area contributed by atoms with Gasteiger partial charge in [-0.3, -0.25) is 19.3 Å². The van der Waals surface area contributed by atoms with Crippen LogP contribution < -0.4 is 5.32 Å². The maximum Gasteiger partial charge on any atom is 0.261 e. The van der Waals surface area contributed by atoms with Gasteiger partial charge in [0.2, 0.25) is 5.91 Å². The normalized spacial score (nSPS) is 13.9. The van der Waals surface area contributed by atoms with Gasteiger partial charge in [0.25, 0.3) is 11.8 Å². The van der Waals surface area contributed by atoms with Gasteiger partial charge in [-0.2, -0.15) is 0 Å². The molecule has 0 fully saturated rings. The Kier molecular flexibility index (Phi) is 4.91. The van der Waals surface area contributed by atoms with E-state index in [0.717, 1.165) is 5.69 Å². The van der Waals surface area contributed by atoms with Crippen molar-refractivity contribution >= 4 is 34.2 Å². The lowest BCUT2D eigenvalue weighted by Gasteiger charge is -2.14. The van der Waals surface area contributed by atoms with Crippen molar-refractivity contribution in [3.05, 3.63) is 46.5 Å². The molecule has 1 aromatic heterocycles. The number of imide groups is 1. The summed E-state index contributed by atoms with van der Waals surface area (Å²) in [6.45, 7) is 6.42. The molecular weight excluding hydrogens is 350 g/mol. The summed E-state index contributed by atoms with van der Waals surface area (Å²) < 4.78 is 0. The van der Waals surface area contributed by atoms with Crippen LogP contribution in [0.5, 0.6) is 0 Å². The Bertz CT molecular complexity index is 832. The molecule has 1 aliphatic heterocycles. The van der Waals surface area contributed by atoms with Crippen LogP contribution in [0.4, 0.5) is 5.13 Å². The molecule has 26 heavy (non-hydrogen) atoms. The molecule has 3 rings (SSSR count). The number of benzene rings is 1. The van der Waals surface area contributed by atoms with Crippen molar-refractivity contribution in [2.24, 2.45) is 0 Å². The number of amides is 3. The first kappa shape index (κ1) is 18.3. The van der Waals surface area contributed by atoms with Gasteiger partial charge in [0.05, 0.1) is 16.8 Å². The van der Waals surface area contributed by atoms with Gasteiger partial charge in [-0.05, 0) is 18.6 Å². The maximum atomic E-state index is 12.3. The number of hydrogen-bond acceptors (Lipinski definition) is 5. The number of nitrogens with one attached hydrogen (secondary N) is 1. The SMILES string of the molecule is CC(C)(C)c1csc(NC(=O)CCCN2C(=O)c3ccccc3C2=O)n1.